The largest absolute Gasteiger partial charge is 0.465 e. The zero-order chi connectivity index (χ0) is 19.8. The SMILES string of the molecule is COC(=O)c1ccc(COC(=O)C[C@@H](NC(N)=O)c2ccccc2Cl)cc1. The Balaban J connectivity index is 1.98. The van der Waals surface area contributed by atoms with E-state index in [1.54, 1.807) is 48.5 Å². The molecule has 0 aliphatic heterocycles. The van der Waals surface area contributed by atoms with Gasteiger partial charge >= 0.3 is 18.0 Å². The van der Waals surface area contributed by atoms with Crippen LogP contribution in [0.5, 0.6) is 0 Å². The third-order valence-corrected chi connectivity index (χ3v) is 4.09. The van der Waals surface area contributed by atoms with Gasteiger partial charge in [-0.25, -0.2) is 9.59 Å². The van der Waals surface area contributed by atoms with Gasteiger partial charge < -0.3 is 20.5 Å². The number of benzene rings is 2. The maximum Gasteiger partial charge on any atom is 0.337 e. The fraction of sp³-hybridized carbons (Fsp3) is 0.211. The highest BCUT2D eigenvalue weighted by molar-refractivity contribution is 6.31. The van der Waals surface area contributed by atoms with Gasteiger partial charge in [-0.15, -0.1) is 0 Å². The van der Waals surface area contributed by atoms with E-state index in [0.29, 0.717) is 21.7 Å². The molecule has 0 unspecified atom stereocenters. The summed E-state index contributed by atoms with van der Waals surface area (Å²) in [5.41, 5.74) is 6.86. The van der Waals surface area contributed by atoms with Crippen molar-refractivity contribution < 1.29 is 23.9 Å². The molecular weight excluding hydrogens is 372 g/mol. The molecule has 0 aromatic heterocycles. The number of carbonyl (C=O) groups is 3. The zero-order valence-electron chi connectivity index (χ0n) is 14.6. The number of hydrogen-bond acceptors (Lipinski definition) is 5. The van der Waals surface area contributed by atoms with Crippen LogP contribution >= 0.6 is 11.6 Å². The first kappa shape index (κ1) is 20.3. The molecule has 2 aromatic rings. The van der Waals surface area contributed by atoms with E-state index < -0.39 is 24.0 Å². The second-order valence-electron chi connectivity index (χ2n) is 5.64. The van der Waals surface area contributed by atoms with Gasteiger partial charge in [0.15, 0.2) is 0 Å². The number of amides is 2. The van der Waals surface area contributed by atoms with Crippen molar-refractivity contribution >= 4 is 29.6 Å². The van der Waals surface area contributed by atoms with Gasteiger partial charge in [0, 0.05) is 5.02 Å². The van der Waals surface area contributed by atoms with Crippen LogP contribution in [0.1, 0.15) is 33.9 Å². The third-order valence-electron chi connectivity index (χ3n) is 3.74. The molecule has 2 rings (SSSR count). The molecule has 27 heavy (non-hydrogen) atoms. The number of esters is 2. The number of methoxy groups -OCH3 is 1. The van der Waals surface area contributed by atoms with Gasteiger partial charge in [0.1, 0.15) is 6.61 Å². The van der Waals surface area contributed by atoms with Gasteiger partial charge in [-0.2, -0.15) is 0 Å². The van der Waals surface area contributed by atoms with Crippen molar-refractivity contribution in [2.45, 2.75) is 19.1 Å². The van der Waals surface area contributed by atoms with Crippen LogP contribution in [0.4, 0.5) is 4.79 Å². The van der Waals surface area contributed by atoms with E-state index in [0.717, 1.165) is 0 Å². The van der Waals surface area contributed by atoms with Gasteiger partial charge in [-0.1, -0.05) is 41.9 Å². The molecule has 0 fully saturated rings. The molecule has 3 N–H and O–H groups in total. The quantitative estimate of drug-likeness (QED) is 0.706. The minimum Gasteiger partial charge on any atom is -0.465 e. The summed E-state index contributed by atoms with van der Waals surface area (Å²) in [7, 11) is 1.30. The summed E-state index contributed by atoms with van der Waals surface area (Å²) >= 11 is 6.13. The first-order valence-electron chi connectivity index (χ1n) is 8.04. The molecular formula is C19H19ClN2O5. The number of nitrogens with two attached hydrogens (primary N) is 1. The number of halogens is 1. The van der Waals surface area contributed by atoms with Crippen molar-refractivity contribution in [1.82, 2.24) is 5.32 Å². The monoisotopic (exact) mass is 390 g/mol. The highest BCUT2D eigenvalue weighted by atomic mass is 35.5. The molecule has 1 atom stereocenters. The Labute approximate surface area is 161 Å². The highest BCUT2D eigenvalue weighted by Gasteiger charge is 2.20. The average Bonchev–Trinajstić information content (AvgIpc) is 2.65. The van der Waals surface area contributed by atoms with Crippen molar-refractivity contribution in [2.75, 3.05) is 7.11 Å². The van der Waals surface area contributed by atoms with Crippen molar-refractivity contribution in [3.05, 3.63) is 70.2 Å². The predicted octanol–water partition coefficient (Wildman–Crippen LogP) is 2.97. The van der Waals surface area contributed by atoms with Gasteiger partial charge in [0.25, 0.3) is 0 Å². The summed E-state index contributed by atoms with van der Waals surface area (Å²) < 4.78 is 9.86. The molecule has 0 saturated carbocycles. The van der Waals surface area contributed by atoms with Crippen LogP contribution in [0.2, 0.25) is 5.02 Å². The zero-order valence-corrected chi connectivity index (χ0v) is 15.4. The van der Waals surface area contributed by atoms with E-state index in [-0.39, 0.29) is 13.0 Å². The van der Waals surface area contributed by atoms with Gasteiger partial charge in [0.05, 0.1) is 25.1 Å². The highest BCUT2D eigenvalue weighted by Crippen LogP contribution is 2.25. The van der Waals surface area contributed by atoms with Gasteiger partial charge in [0.2, 0.25) is 0 Å². The summed E-state index contributed by atoms with van der Waals surface area (Å²) in [5.74, 6) is -0.982. The van der Waals surface area contributed by atoms with Crippen LogP contribution < -0.4 is 11.1 Å². The predicted molar refractivity (Wildman–Crippen MR) is 99.1 cm³/mol. The Kier molecular flexibility index (Phi) is 7.19. The topological polar surface area (TPSA) is 108 Å². The van der Waals surface area contributed by atoms with Crippen LogP contribution in [0.3, 0.4) is 0 Å². The first-order valence-corrected chi connectivity index (χ1v) is 8.41. The van der Waals surface area contributed by atoms with Crippen LogP contribution in [0.15, 0.2) is 48.5 Å². The summed E-state index contributed by atoms with van der Waals surface area (Å²) in [6, 6.07) is 11.8. The summed E-state index contributed by atoms with van der Waals surface area (Å²) in [6.45, 7) is 0.0199. The Morgan fingerprint density at radius 2 is 1.78 bits per heavy atom. The Morgan fingerprint density at radius 1 is 1.11 bits per heavy atom. The first-order chi connectivity index (χ1) is 12.9. The molecule has 0 aliphatic rings. The molecule has 0 aliphatic carbocycles. The molecule has 0 bridgehead atoms. The molecule has 2 aromatic carbocycles. The second kappa shape index (κ2) is 9.59. The van der Waals surface area contributed by atoms with Crippen molar-refractivity contribution in [3.8, 4) is 0 Å². The van der Waals surface area contributed by atoms with Gasteiger partial charge in [-0.05, 0) is 29.3 Å². The van der Waals surface area contributed by atoms with Crippen LogP contribution in [-0.4, -0.2) is 25.1 Å². The number of carbonyl (C=O) groups excluding carboxylic acids is 3. The van der Waals surface area contributed by atoms with E-state index in [9.17, 15) is 14.4 Å². The molecule has 0 spiro atoms. The van der Waals surface area contributed by atoms with Gasteiger partial charge in [-0.3, -0.25) is 4.79 Å². The van der Waals surface area contributed by atoms with E-state index in [1.807, 2.05) is 0 Å². The lowest BCUT2D eigenvalue weighted by Crippen LogP contribution is -2.34. The normalized spacial score (nSPS) is 11.3. The van der Waals surface area contributed by atoms with Crippen LogP contribution in [-0.2, 0) is 20.9 Å². The molecule has 7 nitrogen and oxygen atoms in total. The summed E-state index contributed by atoms with van der Waals surface area (Å²) in [6.07, 6.45) is -0.132. The second-order valence-corrected chi connectivity index (χ2v) is 6.04. The van der Waals surface area contributed by atoms with Crippen LogP contribution in [0, 0.1) is 0 Å². The van der Waals surface area contributed by atoms with Crippen LogP contribution in [0.25, 0.3) is 0 Å². The minimum absolute atomic E-state index is 0.0199. The molecule has 0 radical (unpaired) electrons. The average molecular weight is 391 g/mol. The van der Waals surface area contributed by atoms with E-state index in [1.165, 1.54) is 7.11 Å². The number of urea groups is 1. The lowest BCUT2D eigenvalue weighted by molar-refractivity contribution is -0.145. The lowest BCUT2D eigenvalue weighted by Gasteiger charge is -2.18. The number of ether oxygens (including phenoxy) is 2. The molecule has 142 valence electrons. The Morgan fingerprint density at radius 3 is 2.37 bits per heavy atom. The van der Waals surface area contributed by atoms with E-state index in [2.05, 4.69) is 10.1 Å². The van der Waals surface area contributed by atoms with Crippen molar-refractivity contribution in [3.63, 3.8) is 0 Å². The maximum atomic E-state index is 12.2. The lowest BCUT2D eigenvalue weighted by atomic mass is 10.0. The summed E-state index contributed by atoms with van der Waals surface area (Å²) in [5, 5.41) is 2.90. The molecule has 0 saturated heterocycles. The Hall–Kier alpha value is -3.06. The molecule has 0 heterocycles. The molecule has 2 amide bonds. The number of rotatable bonds is 7. The van der Waals surface area contributed by atoms with E-state index in [4.69, 9.17) is 22.1 Å². The standard InChI is InChI=1S/C19H19ClN2O5/c1-26-18(24)13-8-6-12(7-9-13)11-27-17(23)10-16(22-19(21)25)14-4-2-3-5-15(14)20/h2-9,16H,10-11H2,1H3,(H3,21,22,25)/t16-/m1/s1. The number of hydrogen-bond donors (Lipinski definition) is 2. The van der Waals surface area contributed by atoms with Crippen molar-refractivity contribution in [2.24, 2.45) is 5.73 Å². The minimum atomic E-state index is -0.772. The fourth-order valence-corrected chi connectivity index (χ4v) is 2.68. The fourth-order valence-electron chi connectivity index (χ4n) is 2.41. The van der Waals surface area contributed by atoms with Crippen molar-refractivity contribution in [1.29, 1.82) is 0 Å². The Bertz CT molecular complexity index is 823. The number of nitrogens with one attached hydrogen (secondary N) is 1. The molecule has 8 heteroatoms. The van der Waals surface area contributed by atoms with E-state index >= 15 is 0 Å². The summed E-state index contributed by atoms with van der Waals surface area (Å²) in [4.78, 5) is 34.8. The third kappa shape index (κ3) is 6.00. The maximum absolute atomic E-state index is 12.2. The number of primary amides is 1. The smallest absolute Gasteiger partial charge is 0.337 e.